The van der Waals surface area contributed by atoms with Gasteiger partial charge in [-0.05, 0) is 26.0 Å². The fraction of sp³-hybridized carbons (Fsp3) is 0.421. The molecule has 3 atom stereocenters. The van der Waals surface area contributed by atoms with E-state index in [0.717, 1.165) is 11.4 Å². The van der Waals surface area contributed by atoms with Crippen molar-refractivity contribution in [2.45, 2.75) is 38.4 Å². The molecule has 8 heteroatoms. The molecule has 27 heavy (non-hydrogen) atoms. The Bertz CT molecular complexity index is 913. The number of anilines is 2. The number of aromatic nitrogens is 1. The van der Waals surface area contributed by atoms with Crippen LogP contribution in [-0.2, 0) is 24.7 Å². The smallest absolute Gasteiger partial charge is 0.324 e. The van der Waals surface area contributed by atoms with Gasteiger partial charge in [0.05, 0.1) is 12.8 Å². The number of thiazole rings is 1. The number of carbonyl (C=O) groups excluding carboxylic acids is 2. The Morgan fingerprint density at radius 1 is 1.33 bits per heavy atom. The molecule has 2 fully saturated rings. The molecule has 3 heterocycles. The Kier molecular flexibility index (Phi) is 4.10. The number of ether oxygens (including phenoxy) is 3. The highest BCUT2D eigenvalue weighted by Crippen LogP contribution is 2.52. The van der Waals surface area contributed by atoms with Crippen LogP contribution in [0.5, 0.6) is 5.75 Å². The van der Waals surface area contributed by atoms with Crippen molar-refractivity contribution in [3.8, 4) is 5.75 Å². The normalized spacial score (nSPS) is 29.7. The molecule has 1 spiro atoms. The number of nitrogens with zero attached hydrogens (tertiary/aromatic N) is 1. The van der Waals surface area contributed by atoms with Gasteiger partial charge in [-0.2, -0.15) is 0 Å². The van der Waals surface area contributed by atoms with Crippen LogP contribution in [0.25, 0.3) is 0 Å². The van der Waals surface area contributed by atoms with E-state index in [1.165, 1.54) is 11.3 Å². The molecule has 0 saturated carbocycles. The second kappa shape index (κ2) is 6.23. The van der Waals surface area contributed by atoms with Gasteiger partial charge in [0.1, 0.15) is 11.9 Å². The Morgan fingerprint density at radius 3 is 2.85 bits per heavy atom. The van der Waals surface area contributed by atoms with Crippen molar-refractivity contribution in [1.29, 1.82) is 0 Å². The Hall–Kier alpha value is -2.61. The fourth-order valence-electron chi connectivity index (χ4n) is 3.75. The maximum atomic E-state index is 12.5. The standard InChI is InChI=1S/C19H20N2O5S/c1-11-8-19(15(22)25-11)10-18(2,26-16(19)23)14-9-27-17(21-14)20-12-5-4-6-13(7-12)24-3/h4-7,9,11H,8,10H2,1-3H3,(H,20,21)/t11-,18-,19-/m1/s1. The zero-order valence-electron chi connectivity index (χ0n) is 15.3. The minimum absolute atomic E-state index is 0.240. The highest BCUT2D eigenvalue weighted by Gasteiger charge is 2.65. The fourth-order valence-corrected chi connectivity index (χ4v) is 4.60. The molecule has 0 aliphatic carbocycles. The van der Waals surface area contributed by atoms with Crippen molar-refractivity contribution in [2.75, 3.05) is 12.4 Å². The first-order valence-electron chi connectivity index (χ1n) is 8.66. The second-order valence-corrected chi connectivity index (χ2v) is 8.05. The van der Waals surface area contributed by atoms with Gasteiger partial charge < -0.3 is 19.5 Å². The molecular formula is C19H20N2O5S. The minimum atomic E-state index is -1.21. The lowest BCUT2D eigenvalue weighted by Crippen LogP contribution is -2.31. The number of hydrogen-bond acceptors (Lipinski definition) is 8. The third kappa shape index (κ3) is 2.93. The zero-order valence-corrected chi connectivity index (χ0v) is 16.1. The second-order valence-electron chi connectivity index (χ2n) is 7.19. The molecule has 0 unspecified atom stereocenters. The average molecular weight is 388 g/mol. The number of cyclic esters (lactones) is 2. The molecule has 2 aliphatic rings. The molecule has 4 rings (SSSR count). The SMILES string of the molecule is COc1cccc(Nc2nc([C@@]3(C)C[C@@]4(C[C@@H](C)OC4=O)C(=O)O3)cs2)c1. The lowest BCUT2D eigenvalue weighted by Gasteiger charge is -2.20. The van der Waals surface area contributed by atoms with Crippen LogP contribution >= 0.6 is 11.3 Å². The van der Waals surface area contributed by atoms with Gasteiger partial charge in [-0.3, -0.25) is 9.59 Å². The number of nitrogens with one attached hydrogen (secondary N) is 1. The first-order chi connectivity index (χ1) is 12.8. The van der Waals surface area contributed by atoms with Gasteiger partial charge >= 0.3 is 11.9 Å². The van der Waals surface area contributed by atoms with E-state index in [1.807, 2.05) is 29.6 Å². The maximum Gasteiger partial charge on any atom is 0.324 e. The molecule has 0 amide bonds. The zero-order chi connectivity index (χ0) is 19.2. The lowest BCUT2D eigenvalue weighted by atomic mass is 9.78. The van der Waals surface area contributed by atoms with Gasteiger partial charge in [-0.25, -0.2) is 4.98 Å². The average Bonchev–Trinajstić information content (AvgIpc) is 3.27. The molecule has 1 N–H and O–H groups in total. The number of carbonyl (C=O) groups is 2. The molecule has 142 valence electrons. The summed E-state index contributed by atoms with van der Waals surface area (Å²) in [5.74, 6) is -0.271. The van der Waals surface area contributed by atoms with Gasteiger partial charge in [0.2, 0.25) is 0 Å². The predicted octanol–water partition coefficient (Wildman–Crippen LogP) is 3.38. The third-order valence-electron chi connectivity index (χ3n) is 5.05. The summed E-state index contributed by atoms with van der Waals surface area (Å²) in [5.41, 5.74) is -0.702. The molecule has 0 bridgehead atoms. The van der Waals surface area contributed by atoms with E-state index in [-0.39, 0.29) is 12.5 Å². The maximum absolute atomic E-state index is 12.5. The van der Waals surface area contributed by atoms with Crippen molar-refractivity contribution in [1.82, 2.24) is 4.98 Å². The number of esters is 2. The number of rotatable bonds is 4. The van der Waals surface area contributed by atoms with Crippen molar-refractivity contribution in [3.05, 3.63) is 35.3 Å². The van der Waals surface area contributed by atoms with Crippen molar-refractivity contribution in [2.24, 2.45) is 5.41 Å². The van der Waals surface area contributed by atoms with Crippen LogP contribution in [0, 0.1) is 5.41 Å². The molecular weight excluding hydrogens is 368 g/mol. The van der Waals surface area contributed by atoms with E-state index >= 15 is 0 Å². The molecule has 1 aromatic heterocycles. The van der Waals surface area contributed by atoms with Gasteiger partial charge in [0.25, 0.3) is 0 Å². The van der Waals surface area contributed by atoms with Crippen LogP contribution in [-0.4, -0.2) is 30.1 Å². The Morgan fingerprint density at radius 2 is 2.15 bits per heavy atom. The summed E-state index contributed by atoms with van der Waals surface area (Å²) in [6, 6.07) is 7.51. The van der Waals surface area contributed by atoms with Crippen LogP contribution in [0.1, 0.15) is 32.4 Å². The van der Waals surface area contributed by atoms with Crippen LogP contribution in [0.2, 0.25) is 0 Å². The van der Waals surface area contributed by atoms with E-state index in [4.69, 9.17) is 14.2 Å². The Labute approximate surface area is 160 Å². The molecule has 0 radical (unpaired) electrons. The molecule has 2 aliphatic heterocycles. The summed E-state index contributed by atoms with van der Waals surface area (Å²) in [7, 11) is 1.61. The summed E-state index contributed by atoms with van der Waals surface area (Å²) in [5, 5.41) is 5.73. The van der Waals surface area contributed by atoms with Crippen LogP contribution < -0.4 is 10.1 Å². The van der Waals surface area contributed by atoms with Gasteiger partial charge in [-0.1, -0.05) is 6.07 Å². The van der Waals surface area contributed by atoms with Gasteiger partial charge in [-0.15, -0.1) is 11.3 Å². The van der Waals surface area contributed by atoms with Crippen molar-refractivity contribution >= 4 is 34.1 Å². The van der Waals surface area contributed by atoms with Crippen LogP contribution in [0.4, 0.5) is 10.8 Å². The largest absolute Gasteiger partial charge is 0.497 e. The monoisotopic (exact) mass is 388 g/mol. The first kappa shape index (κ1) is 17.8. The van der Waals surface area contributed by atoms with E-state index < -0.39 is 23.0 Å². The predicted molar refractivity (Wildman–Crippen MR) is 99.1 cm³/mol. The lowest BCUT2D eigenvalue weighted by molar-refractivity contribution is -0.160. The summed E-state index contributed by atoms with van der Waals surface area (Å²) in [6.45, 7) is 3.58. The number of benzene rings is 1. The van der Waals surface area contributed by atoms with Crippen LogP contribution in [0.3, 0.4) is 0 Å². The van der Waals surface area contributed by atoms with Gasteiger partial charge in [0.15, 0.2) is 16.1 Å². The molecule has 2 aromatic rings. The highest BCUT2D eigenvalue weighted by molar-refractivity contribution is 7.13. The van der Waals surface area contributed by atoms with Crippen LogP contribution in [0.15, 0.2) is 29.6 Å². The topological polar surface area (TPSA) is 86.8 Å². The molecule has 2 saturated heterocycles. The first-order valence-corrected chi connectivity index (χ1v) is 9.54. The van der Waals surface area contributed by atoms with Crippen molar-refractivity contribution in [3.63, 3.8) is 0 Å². The number of methoxy groups -OCH3 is 1. The third-order valence-corrected chi connectivity index (χ3v) is 5.81. The summed E-state index contributed by atoms with van der Waals surface area (Å²) >= 11 is 1.41. The number of hydrogen-bond donors (Lipinski definition) is 1. The summed E-state index contributed by atoms with van der Waals surface area (Å²) in [6.07, 6.45) is 0.303. The summed E-state index contributed by atoms with van der Waals surface area (Å²) < 4.78 is 16.1. The van der Waals surface area contributed by atoms with E-state index in [0.29, 0.717) is 17.2 Å². The van der Waals surface area contributed by atoms with Crippen molar-refractivity contribution < 1.29 is 23.8 Å². The quantitative estimate of drug-likeness (QED) is 0.635. The van der Waals surface area contributed by atoms with E-state index in [1.54, 1.807) is 21.0 Å². The molecule has 1 aromatic carbocycles. The Balaban J connectivity index is 1.56. The van der Waals surface area contributed by atoms with E-state index in [2.05, 4.69) is 10.3 Å². The van der Waals surface area contributed by atoms with Gasteiger partial charge in [0, 0.05) is 30.0 Å². The highest BCUT2D eigenvalue weighted by atomic mass is 32.1. The van der Waals surface area contributed by atoms with E-state index in [9.17, 15) is 9.59 Å². The minimum Gasteiger partial charge on any atom is -0.497 e. The molecule has 7 nitrogen and oxygen atoms in total. The summed E-state index contributed by atoms with van der Waals surface area (Å²) in [4.78, 5) is 29.4.